The fraction of sp³-hybridized carbons (Fsp3) is 0.321. The van der Waals surface area contributed by atoms with Crippen molar-refractivity contribution >= 4 is 47.1 Å². The van der Waals surface area contributed by atoms with Crippen molar-refractivity contribution < 1.29 is 28.7 Å². The zero-order valence-corrected chi connectivity index (χ0v) is 23.1. The van der Waals surface area contributed by atoms with Crippen molar-refractivity contribution in [1.29, 1.82) is 0 Å². The highest BCUT2D eigenvalue weighted by Gasteiger charge is 2.39. The van der Waals surface area contributed by atoms with Crippen molar-refractivity contribution in [2.24, 2.45) is 0 Å². The Labute approximate surface area is 231 Å². The summed E-state index contributed by atoms with van der Waals surface area (Å²) in [4.78, 5) is 67.6. The van der Waals surface area contributed by atoms with Crippen LogP contribution in [0.25, 0.3) is 0 Å². The predicted octanol–water partition coefficient (Wildman–Crippen LogP) is 3.53. The molecule has 1 aromatic carbocycles. The van der Waals surface area contributed by atoms with E-state index in [1.54, 1.807) is 23.1 Å². The highest BCUT2D eigenvalue weighted by atomic mass is 32.1. The number of carbonyl (C=O) groups is 5. The second kappa shape index (κ2) is 13.5. The number of carbonyl (C=O) groups excluding carboxylic acids is 5. The minimum absolute atomic E-state index is 0.0942. The molecule has 0 saturated carbocycles. The first-order valence-corrected chi connectivity index (χ1v) is 13.3. The highest BCUT2D eigenvalue weighted by molar-refractivity contribution is 7.14. The quantitative estimate of drug-likeness (QED) is 0.304. The van der Waals surface area contributed by atoms with Gasteiger partial charge in [-0.15, -0.1) is 11.3 Å². The number of rotatable bonds is 8. The third-order valence-electron chi connectivity index (χ3n) is 6.27. The molecule has 1 saturated heterocycles. The Kier molecular flexibility index (Phi) is 10.2. The Hall–Kier alpha value is -4.25. The zero-order valence-electron chi connectivity index (χ0n) is 22.3. The average Bonchev–Trinajstić information content (AvgIpc) is 3.53. The second-order valence-corrected chi connectivity index (χ2v) is 9.87. The van der Waals surface area contributed by atoms with Gasteiger partial charge >= 0.3 is 0 Å². The molecule has 1 aromatic heterocycles. The second-order valence-electron chi connectivity index (χ2n) is 8.70. The van der Waals surface area contributed by atoms with E-state index in [0.29, 0.717) is 31.1 Å². The number of allylic oxidation sites excluding steroid dienone is 2. The first-order valence-electron chi connectivity index (χ1n) is 12.5. The summed E-state index contributed by atoms with van der Waals surface area (Å²) in [6, 6.07) is 8.28. The number of ether oxygens (including phenoxy) is 1. The molecule has 39 heavy (non-hydrogen) atoms. The Morgan fingerprint density at radius 3 is 2.38 bits per heavy atom. The minimum Gasteiger partial charge on any atom is -0.471 e. The lowest BCUT2D eigenvalue weighted by Crippen LogP contribution is -2.51. The van der Waals surface area contributed by atoms with Gasteiger partial charge in [0.05, 0.1) is 33.7 Å². The number of imide groups is 1. The van der Waals surface area contributed by atoms with Crippen molar-refractivity contribution in [3.05, 3.63) is 75.9 Å². The van der Waals surface area contributed by atoms with Gasteiger partial charge in [-0.2, -0.15) is 0 Å². The van der Waals surface area contributed by atoms with Gasteiger partial charge in [0.15, 0.2) is 0 Å². The number of nitrogens with zero attached hydrogens (tertiary/aromatic N) is 3. The maximum absolute atomic E-state index is 13.0. The Balaban J connectivity index is 0.000000532. The summed E-state index contributed by atoms with van der Waals surface area (Å²) < 4.78 is 4.82. The number of nitrogens with one attached hydrogen (secondary N) is 1. The number of fused-ring (bicyclic) bond motifs is 1. The van der Waals surface area contributed by atoms with E-state index in [0.717, 1.165) is 28.4 Å². The summed E-state index contributed by atoms with van der Waals surface area (Å²) in [5.41, 5.74) is 0.496. The number of benzene rings is 1. The molecule has 2 aliphatic rings. The molecule has 4 rings (SSSR count). The van der Waals surface area contributed by atoms with Gasteiger partial charge in [-0.25, -0.2) is 0 Å². The van der Waals surface area contributed by atoms with Crippen LogP contribution in [0.4, 0.5) is 5.69 Å². The van der Waals surface area contributed by atoms with Gasteiger partial charge in [0, 0.05) is 31.1 Å². The zero-order chi connectivity index (χ0) is 28.5. The van der Waals surface area contributed by atoms with Crippen molar-refractivity contribution in [2.75, 3.05) is 38.0 Å². The van der Waals surface area contributed by atoms with Crippen LogP contribution in [0.5, 0.6) is 0 Å². The molecule has 5 amide bonds. The Bertz CT molecular complexity index is 1290. The number of piperazine rings is 1. The molecule has 2 aromatic rings. The maximum atomic E-state index is 13.0. The summed E-state index contributed by atoms with van der Waals surface area (Å²) in [5.74, 6) is -1.01. The first kappa shape index (κ1) is 29.3. The molecule has 2 aliphatic heterocycles. The molecule has 10 nitrogen and oxygen atoms in total. The number of anilines is 1. The van der Waals surface area contributed by atoms with E-state index in [9.17, 15) is 24.0 Å². The maximum Gasteiger partial charge on any atom is 0.265 e. The number of amides is 5. The third kappa shape index (κ3) is 6.99. The average molecular weight is 553 g/mol. The monoisotopic (exact) mass is 552 g/mol. The van der Waals surface area contributed by atoms with Crippen LogP contribution >= 0.6 is 11.3 Å². The molecule has 1 N–H and O–H groups in total. The molecule has 11 heteroatoms. The van der Waals surface area contributed by atoms with Crippen LogP contribution in [0.3, 0.4) is 0 Å². The summed E-state index contributed by atoms with van der Waals surface area (Å²) in [7, 11) is 0. The standard InChI is InChI=1S/C22H22N4O5S.C6H10O/c1-2-14-6-7-17(32-14)20(29)23-16-5-3-4-15-19(16)22(31)26(21(15)30)12-18(28)25-10-8-24(13-27)9-11-25;1-4-6(3)7-5-2/h3-7,13H,2,8-12H2,1H3,(H,23,29);4-5H,2H2,1,3H3/b;6-4-. The van der Waals surface area contributed by atoms with Crippen molar-refractivity contribution in [3.8, 4) is 0 Å². The van der Waals surface area contributed by atoms with E-state index in [1.807, 2.05) is 32.9 Å². The van der Waals surface area contributed by atoms with Crippen molar-refractivity contribution in [3.63, 3.8) is 0 Å². The minimum atomic E-state index is -0.610. The van der Waals surface area contributed by atoms with Crippen molar-refractivity contribution in [2.45, 2.75) is 27.2 Å². The normalized spacial score (nSPS) is 14.8. The molecule has 206 valence electrons. The van der Waals surface area contributed by atoms with Crippen LogP contribution in [-0.4, -0.2) is 77.5 Å². The molecule has 0 aliphatic carbocycles. The number of thiophene rings is 1. The van der Waals surface area contributed by atoms with E-state index in [2.05, 4.69) is 11.9 Å². The van der Waals surface area contributed by atoms with Crippen LogP contribution in [0, 0.1) is 0 Å². The SMILES string of the molecule is C=CO/C(C)=C\C.CCc1ccc(C(=O)Nc2cccc3c2C(=O)N(CC(=O)N2CCN(C=O)CC2)C3=O)s1. The third-order valence-corrected chi connectivity index (χ3v) is 7.49. The fourth-order valence-electron chi connectivity index (χ4n) is 3.97. The van der Waals surface area contributed by atoms with Gasteiger partial charge in [-0.3, -0.25) is 28.9 Å². The molecule has 0 unspecified atom stereocenters. The molecule has 0 radical (unpaired) electrons. The fourth-order valence-corrected chi connectivity index (χ4v) is 4.81. The smallest absolute Gasteiger partial charge is 0.265 e. The van der Waals surface area contributed by atoms with E-state index in [-0.39, 0.29) is 35.2 Å². The van der Waals surface area contributed by atoms with Crippen LogP contribution in [0.2, 0.25) is 0 Å². The van der Waals surface area contributed by atoms with Crippen LogP contribution in [0.1, 0.15) is 56.0 Å². The van der Waals surface area contributed by atoms with Gasteiger partial charge in [0.1, 0.15) is 6.54 Å². The van der Waals surface area contributed by atoms with Gasteiger partial charge < -0.3 is 19.9 Å². The highest BCUT2D eigenvalue weighted by Crippen LogP contribution is 2.30. The lowest BCUT2D eigenvalue weighted by molar-refractivity contribution is -0.135. The van der Waals surface area contributed by atoms with Crippen LogP contribution in [0.15, 0.2) is 55.0 Å². The van der Waals surface area contributed by atoms with E-state index < -0.39 is 11.8 Å². The summed E-state index contributed by atoms with van der Waals surface area (Å²) in [5, 5.41) is 2.73. The first-order chi connectivity index (χ1) is 18.7. The Morgan fingerprint density at radius 2 is 1.82 bits per heavy atom. The van der Waals surface area contributed by atoms with E-state index in [4.69, 9.17) is 4.74 Å². The molecule has 0 bridgehead atoms. The van der Waals surface area contributed by atoms with Crippen molar-refractivity contribution in [1.82, 2.24) is 14.7 Å². The van der Waals surface area contributed by atoms with Gasteiger partial charge in [0.25, 0.3) is 17.7 Å². The molecular weight excluding hydrogens is 520 g/mol. The molecule has 0 spiro atoms. The molecule has 1 fully saturated rings. The molecule has 0 atom stereocenters. The number of hydrogen-bond donors (Lipinski definition) is 1. The molecule has 3 heterocycles. The summed E-state index contributed by atoms with van der Waals surface area (Å²) in [6.45, 7) is 10.3. The lowest BCUT2D eigenvalue weighted by Gasteiger charge is -2.33. The lowest BCUT2D eigenvalue weighted by atomic mass is 10.1. The van der Waals surface area contributed by atoms with Gasteiger partial charge in [-0.1, -0.05) is 19.6 Å². The summed E-state index contributed by atoms with van der Waals surface area (Å²) in [6.07, 6.45) is 4.84. The van der Waals surface area contributed by atoms with Crippen LogP contribution < -0.4 is 5.32 Å². The van der Waals surface area contributed by atoms with Crippen LogP contribution in [-0.2, 0) is 20.7 Å². The topological polar surface area (TPSA) is 116 Å². The van der Waals surface area contributed by atoms with E-state index in [1.165, 1.54) is 28.6 Å². The number of aryl methyl sites for hydroxylation is 1. The van der Waals surface area contributed by atoms with Gasteiger partial charge in [-0.05, 0) is 50.6 Å². The van der Waals surface area contributed by atoms with Gasteiger partial charge in [0.2, 0.25) is 12.3 Å². The Morgan fingerprint density at radius 1 is 1.10 bits per heavy atom. The van der Waals surface area contributed by atoms with E-state index >= 15 is 0 Å². The molecular formula is C28H32N4O6S. The predicted molar refractivity (Wildman–Crippen MR) is 148 cm³/mol. The number of hydrogen-bond acceptors (Lipinski definition) is 7. The largest absolute Gasteiger partial charge is 0.471 e. The summed E-state index contributed by atoms with van der Waals surface area (Å²) >= 11 is 1.37.